The molecule has 1 aromatic heterocycles. The van der Waals surface area contributed by atoms with Crippen LogP contribution in [0.3, 0.4) is 0 Å². The van der Waals surface area contributed by atoms with Gasteiger partial charge in [0.2, 0.25) is 0 Å². The van der Waals surface area contributed by atoms with Gasteiger partial charge in [0, 0.05) is 32.4 Å². The number of amides is 2. The van der Waals surface area contributed by atoms with Crippen LogP contribution in [0.1, 0.15) is 17.7 Å². The van der Waals surface area contributed by atoms with E-state index in [4.69, 9.17) is 4.52 Å². The predicted molar refractivity (Wildman–Crippen MR) is 87.4 cm³/mol. The van der Waals surface area contributed by atoms with Crippen LogP contribution >= 0.6 is 0 Å². The molecule has 2 rings (SSSR count). The lowest BCUT2D eigenvalue weighted by molar-refractivity contribution is 0.251. The minimum atomic E-state index is -0.267. The van der Waals surface area contributed by atoms with Gasteiger partial charge in [-0.25, -0.2) is 4.79 Å². The summed E-state index contributed by atoms with van der Waals surface area (Å²) in [6.07, 6.45) is 1.81. The number of aryl methyl sites for hydroxylation is 2. The molecule has 6 heteroatoms. The van der Waals surface area contributed by atoms with Crippen LogP contribution in [0.25, 0.3) is 0 Å². The second-order valence-electron chi connectivity index (χ2n) is 5.37. The summed E-state index contributed by atoms with van der Waals surface area (Å²) in [5.74, 6) is 1.09. The largest absolute Gasteiger partial charge is 0.378 e. The van der Waals surface area contributed by atoms with Crippen LogP contribution in [0, 0.1) is 6.92 Å². The average molecular weight is 302 g/mol. The van der Waals surface area contributed by atoms with Crippen LogP contribution in [0.2, 0.25) is 0 Å². The summed E-state index contributed by atoms with van der Waals surface area (Å²) in [5, 5.41) is 9.12. The SMILES string of the molecule is Cc1cc(NC(=O)NCCCc2ccc(N(C)C)cc2)no1. The lowest BCUT2D eigenvalue weighted by Gasteiger charge is -2.12. The second kappa shape index (κ2) is 7.49. The molecule has 0 aliphatic carbocycles. The molecule has 1 heterocycles. The molecule has 0 bridgehead atoms. The van der Waals surface area contributed by atoms with E-state index in [9.17, 15) is 4.79 Å². The van der Waals surface area contributed by atoms with Gasteiger partial charge < -0.3 is 14.7 Å². The van der Waals surface area contributed by atoms with Crippen LogP contribution in [0.5, 0.6) is 0 Å². The van der Waals surface area contributed by atoms with E-state index in [1.807, 2.05) is 14.1 Å². The van der Waals surface area contributed by atoms with E-state index in [-0.39, 0.29) is 6.03 Å². The van der Waals surface area contributed by atoms with E-state index in [0.29, 0.717) is 18.1 Å². The molecule has 0 aliphatic heterocycles. The Bertz CT molecular complexity index is 605. The number of rotatable bonds is 6. The molecule has 22 heavy (non-hydrogen) atoms. The molecule has 2 N–H and O–H groups in total. The molecule has 0 fully saturated rings. The van der Waals surface area contributed by atoms with Gasteiger partial charge in [0.15, 0.2) is 5.82 Å². The predicted octanol–water partition coefficient (Wildman–Crippen LogP) is 2.80. The van der Waals surface area contributed by atoms with Gasteiger partial charge in [-0.1, -0.05) is 17.3 Å². The van der Waals surface area contributed by atoms with E-state index in [0.717, 1.165) is 12.8 Å². The number of nitrogens with zero attached hydrogens (tertiary/aromatic N) is 2. The Morgan fingerprint density at radius 2 is 2.00 bits per heavy atom. The van der Waals surface area contributed by atoms with Gasteiger partial charge in [0.25, 0.3) is 0 Å². The fraction of sp³-hybridized carbons (Fsp3) is 0.375. The van der Waals surface area contributed by atoms with Gasteiger partial charge in [0.1, 0.15) is 5.76 Å². The third-order valence-electron chi connectivity index (χ3n) is 3.25. The van der Waals surface area contributed by atoms with E-state index >= 15 is 0 Å². The average Bonchev–Trinajstić information content (AvgIpc) is 2.89. The highest BCUT2D eigenvalue weighted by Crippen LogP contribution is 2.13. The number of carbonyl (C=O) groups is 1. The number of anilines is 2. The molecule has 6 nitrogen and oxygen atoms in total. The summed E-state index contributed by atoms with van der Waals surface area (Å²) in [6.45, 7) is 2.38. The maximum absolute atomic E-state index is 11.6. The molecule has 0 atom stereocenters. The molecule has 2 amide bonds. The Morgan fingerprint density at radius 3 is 2.59 bits per heavy atom. The lowest BCUT2D eigenvalue weighted by Crippen LogP contribution is -2.29. The first-order chi connectivity index (χ1) is 10.5. The summed E-state index contributed by atoms with van der Waals surface area (Å²) in [5.41, 5.74) is 2.45. The van der Waals surface area contributed by atoms with Gasteiger partial charge in [-0.3, -0.25) is 5.32 Å². The molecule has 118 valence electrons. The van der Waals surface area contributed by atoms with E-state index < -0.39 is 0 Å². The first-order valence-electron chi connectivity index (χ1n) is 7.29. The topological polar surface area (TPSA) is 70.4 Å². The van der Waals surface area contributed by atoms with Crippen LogP contribution < -0.4 is 15.5 Å². The van der Waals surface area contributed by atoms with Crippen LogP contribution in [-0.2, 0) is 6.42 Å². The quantitative estimate of drug-likeness (QED) is 0.805. The fourth-order valence-electron chi connectivity index (χ4n) is 2.04. The molecule has 0 spiro atoms. The van der Waals surface area contributed by atoms with Crippen molar-refractivity contribution in [1.82, 2.24) is 10.5 Å². The summed E-state index contributed by atoms with van der Waals surface area (Å²) in [4.78, 5) is 13.7. The third-order valence-corrected chi connectivity index (χ3v) is 3.25. The lowest BCUT2D eigenvalue weighted by atomic mass is 10.1. The van der Waals surface area contributed by atoms with Gasteiger partial charge in [0.05, 0.1) is 0 Å². The Balaban J connectivity index is 1.67. The molecule has 0 saturated heterocycles. The molecule has 0 aliphatic rings. The van der Waals surface area contributed by atoms with Crippen LogP contribution in [-0.4, -0.2) is 31.8 Å². The van der Waals surface area contributed by atoms with Crippen LogP contribution in [0.4, 0.5) is 16.3 Å². The second-order valence-corrected chi connectivity index (χ2v) is 5.37. The molecule has 2 aromatic rings. The number of aromatic nitrogens is 1. The number of urea groups is 1. The van der Waals surface area contributed by atoms with Crippen molar-refractivity contribution < 1.29 is 9.32 Å². The molecule has 1 aromatic carbocycles. The fourth-order valence-corrected chi connectivity index (χ4v) is 2.04. The zero-order valence-corrected chi connectivity index (χ0v) is 13.2. The maximum atomic E-state index is 11.6. The normalized spacial score (nSPS) is 10.3. The van der Waals surface area contributed by atoms with Crippen molar-refractivity contribution in [2.45, 2.75) is 19.8 Å². The van der Waals surface area contributed by atoms with Crippen molar-refractivity contribution in [2.24, 2.45) is 0 Å². The highest BCUT2D eigenvalue weighted by molar-refractivity contribution is 5.88. The first-order valence-corrected chi connectivity index (χ1v) is 7.29. The molecule has 0 unspecified atom stereocenters. The van der Waals surface area contributed by atoms with E-state index in [1.54, 1.807) is 13.0 Å². The Labute approximate surface area is 130 Å². The zero-order chi connectivity index (χ0) is 15.9. The molecular weight excluding hydrogens is 280 g/mol. The summed E-state index contributed by atoms with van der Waals surface area (Å²) < 4.78 is 4.88. The van der Waals surface area contributed by atoms with Crippen molar-refractivity contribution >= 4 is 17.5 Å². The Kier molecular flexibility index (Phi) is 5.41. The van der Waals surface area contributed by atoms with Crippen molar-refractivity contribution in [3.05, 3.63) is 41.7 Å². The number of benzene rings is 1. The third kappa shape index (κ3) is 4.80. The van der Waals surface area contributed by atoms with E-state index in [1.165, 1.54) is 11.3 Å². The highest BCUT2D eigenvalue weighted by Gasteiger charge is 2.05. The molecular formula is C16H22N4O2. The van der Waals surface area contributed by atoms with Crippen molar-refractivity contribution in [1.29, 1.82) is 0 Å². The van der Waals surface area contributed by atoms with Gasteiger partial charge >= 0.3 is 6.03 Å². The van der Waals surface area contributed by atoms with Crippen molar-refractivity contribution in [3.63, 3.8) is 0 Å². The number of hydrogen-bond donors (Lipinski definition) is 2. The van der Waals surface area contributed by atoms with Gasteiger partial charge in [-0.05, 0) is 37.5 Å². The summed E-state index contributed by atoms with van der Waals surface area (Å²) in [7, 11) is 4.04. The number of carbonyl (C=O) groups excluding carboxylic acids is 1. The monoisotopic (exact) mass is 302 g/mol. The Hall–Kier alpha value is -2.50. The van der Waals surface area contributed by atoms with Crippen molar-refractivity contribution in [3.8, 4) is 0 Å². The number of hydrogen-bond acceptors (Lipinski definition) is 4. The first kappa shape index (κ1) is 15.9. The van der Waals surface area contributed by atoms with E-state index in [2.05, 4.69) is 45.0 Å². The van der Waals surface area contributed by atoms with Gasteiger partial charge in [-0.15, -0.1) is 0 Å². The minimum absolute atomic E-state index is 0.267. The molecule has 0 radical (unpaired) electrons. The number of nitrogens with one attached hydrogen (secondary N) is 2. The minimum Gasteiger partial charge on any atom is -0.378 e. The standard InChI is InChI=1S/C16H22N4O2/c1-12-11-15(19-22-12)18-16(21)17-10-4-5-13-6-8-14(9-7-13)20(2)3/h6-9,11H,4-5,10H2,1-3H3,(H2,17,18,19,21). The van der Waals surface area contributed by atoms with Crippen LogP contribution in [0.15, 0.2) is 34.9 Å². The Morgan fingerprint density at radius 1 is 1.27 bits per heavy atom. The van der Waals surface area contributed by atoms with Crippen molar-refractivity contribution in [2.75, 3.05) is 30.9 Å². The molecule has 0 saturated carbocycles. The van der Waals surface area contributed by atoms with Gasteiger partial charge in [-0.2, -0.15) is 0 Å². The smallest absolute Gasteiger partial charge is 0.320 e. The maximum Gasteiger partial charge on any atom is 0.320 e. The summed E-state index contributed by atoms with van der Waals surface area (Å²) in [6, 6.07) is 9.84. The summed E-state index contributed by atoms with van der Waals surface area (Å²) >= 11 is 0. The zero-order valence-electron chi connectivity index (χ0n) is 13.2. The highest BCUT2D eigenvalue weighted by atomic mass is 16.5.